The fraction of sp³-hybridized carbons (Fsp3) is 0.400. The predicted molar refractivity (Wildman–Crippen MR) is 120 cm³/mol. The second-order valence-electron chi connectivity index (χ2n) is 8.42. The molecular weight excluding hydrogens is 374 g/mol. The molecule has 5 nitrogen and oxygen atoms in total. The quantitative estimate of drug-likeness (QED) is 0.459. The van der Waals surface area contributed by atoms with Crippen molar-refractivity contribution < 1.29 is 9.59 Å². The molecule has 2 aromatic carbocycles. The third-order valence-corrected chi connectivity index (χ3v) is 6.12. The summed E-state index contributed by atoms with van der Waals surface area (Å²) >= 11 is 0. The van der Waals surface area contributed by atoms with Crippen LogP contribution in [0.1, 0.15) is 60.8 Å². The number of rotatable bonds is 8. The Morgan fingerprint density at radius 3 is 2.40 bits per heavy atom. The molecule has 1 saturated carbocycles. The Bertz CT molecular complexity index is 903. The zero-order chi connectivity index (χ0) is 21.7. The highest BCUT2D eigenvalue weighted by molar-refractivity contribution is 5.95. The number of hydrogen-bond donors (Lipinski definition) is 3. The van der Waals surface area contributed by atoms with E-state index in [0.717, 1.165) is 24.8 Å². The van der Waals surface area contributed by atoms with Gasteiger partial charge in [0.15, 0.2) is 5.78 Å². The predicted octanol–water partition coefficient (Wildman–Crippen LogP) is 3.87. The van der Waals surface area contributed by atoms with Gasteiger partial charge in [0.2, 0.25) is 5.91 Å². The molecular formula is C25H31N3O2. The molecule has 0 saturated heterocycles. The molecule has 5 heteroatoms. The van der Waals surface area contributed by atoms with Crippen LogP contribution in [0.25, 0.3) is 0 Å². The molecule has 0 unspecified atom stereocenters. The van der Waals surface area contributed by atoms with Crippen molar-refractivity contribution in [1.82, 2.24) is 5.32 Å². The number of benzene rings is 2. The summed E-state index contributed by atoms with van der Waals surface area (Å²) in [6, 6.07) is 15.4. The molecule has 0 spiro atoms. The van der Waals surface area contributed by atoms with E-state index in [1.165, 1.54) is 11.1 Å². The van der Waals surface area contributed by atoms with Crippen molar-refractivity contribution in [2.45, 2.75) is 57.9 Å². The Morgan fingerprint density at radius 2 is 1.77 bits per heavy atom. The Hall–Kier alpha value is -2.95. The topological polar surface area (TPSA) is 96.0 Å². The number of carbonyl (C=O) groups excluding carboxylic acids is 2. The summed E-state index contributed by atoms with van der Waals surface area (Å²) in [5.41, 5.74) is 9.70. The van der Waals surface area contributed by atoms with Crippen molar-refractivity contribution in [2.75, 3.05) is 0 Å². The molecule has 2 aromatic rings. The maximum absolute atomic E-state index is 12.7. The Labute approximate surface area is 178 Å². The van der Waals surface area contributed by atoms with E-state index in [1.54, 1.807) is 19.1 Å². The Balaban J connectivity index is 1.46. The summed E-state index contributed by atoms with van der Waals surface area (Å²) in [5.74, 6) is 0.463. The monoisotopic (exact) mass is 405 g/mol. The van der Waals surface area contributed by atoms with Crippen molar-refractivity contribution in [2.24, 2.45) is 11.7 Å². The lowest BCUT2D eigenvalue weighted by Gasteiger charge is -2.17. The number of carbonyl (C=O) groups is 2. The first kappa shape index (κ1) is 21.8. The molecule has 0 bridgehead atoms. The zero-order valence-corrected chi connectivity index (χ0v) is 17.8. The lowest BCUT2D eigenvalue weighted by atomic mass is 9.95. The number of amides is 1. The molecule has 0 heterocycles. The summed E-state index contributed by atoms with van der Waals surface area (Å²) in [6.07, 6.45) is 3.71. The van der Waals surface area contributed by atoms with Crippen LogP contribution in [0.3, 0.4) is 0 Å². The van der Waals surface area contributed by atoms with Crippen LogP contribution in [0, 0.1) is 18.3 Å². The van der Waals surface area contributed by atoms with E-state index in [9.17, 15) is 9.59 Å². The number of amidine groups is 1. The molecule has 30 heavy (non-hydrogen) atoms. The molecule has 0 aliphatic heterocycles. The highest BCUT2D eigenvalue weighted by Crippen LogP contribution is 2.38. The van der Waals surface area contributed by atoms with Gasteiger partial charge < -0.3 is 11.1 Å². The fourth-order valence-corrected chi connectivity index (χ4v) is 4.11. The van der Waals surface area contributed by atoms with E-state index in [4.69, 9.17) is 11.1 Å². The molecule has 1 fully saturated rings. The lowest BCUT2D eigenvalue weighted by Crippen LogP contribution is -2.41. The minimum absolute atomic E-state index is 0.00345. The summed E-state index contributed by atoms with van der Waals surface area (Å²) < 4.78 is 0. The minimum atomic E-state index is -0.479. The average Bonchev–Trinajstić information content (AvgIpc) is 3.23. The van der Waals surface area contributed by atoms with Gasteiger partial charge in [0.1, 0.15) is 5.84 Å². The van der Waals surface area contributed by atoms with Gasteiger partial charge in [0.25, 0.3) is 0 Å². The van der Waals surface area contributed by atoms with E-state index in [2.05, 4.69) is 36.5 Å². The van der Waals surface area contributed by atoms with Gasteiger partial charge in [-0.3, -0.25) is 15.0 Å². The summed E-state index contributed by atoms with van der Waals surface area (Å²) in [4.78, 5) is 25.2. The number of ketones is 1. The van der Waals surface area contributed by atoms with Gasteiger partial charge in [-0.2, -0.15) is 0 Å². The number of nitrogen functional groups attached to an aromatic ring is 1. The highest BCUT2D eigenvalue weighted by Gasteiger charge is 2.31. The molecule has 1 aliphatic rings. The number of aryl methyl sites for hydroxylation is 2. The maximum atomic E-state index is 12.7. The average molecular weight is 406 g/mol. The largest absolute Gasteiger partial charge is 0.384 e. The van der Waals surface area contributed by atoms with Gasteiger partial charge in [-0.05, 0) is 56.6 Å². The summed E-state index contributed by atoms with van der Waals surface area (Å²) in [5, 5.41) is 10.4. The van der Waals surface area contributed by atoms with Gasteiger partial charge in [-0.1, -0.05) is 54.1 Å². The van der Waals surface area contributed by atoms with Gasteiger partial charge in [-0.15, -0.1) is 0 Å². The zero-order valence-electron chi connectivity index (χ0n) is 17.8. The van der Waals surface area contributed by atoms with Crippen LogP contribution in [0.15, 0.2) is 48.5 Å². The van der Waals surface area contributed by atoms with E-state index >= 15 is 0 Å². The molecule has 0 radical (unpaired) electrons. The van der Waals surface area contributed by atoms with Crippen LogP contribution >= 0.6 is 0 Å². The molecule has 3 rings (SSSR count). The second-order valence-corrected chi connectivity index (χ2v) is 8.42. The first-order valence-corrected chi connectivity index (χ1v) is 10.7. The SMILES string of the molecule is Cc1ccc([C@H]2CC[C@@H](C(=O)N[C@@H](C)C(=O)CCc3ccc(C(=N)N)cc3)C2)cc1. The molecule has 0 aromatic heterocycles. The van der Waals surface area contributed by atoms with E-state index in [1.807, 2.05) is 12.1 Å². The normalized spacial score (nSPS) is 19.3. The number of nitrogens with two attached hydrogens (primary N) is 1. The van der Waals surface area contributed by atoms with Gasteiger partial charge in [0.05, 0.1) is 6.04 Å². The lowest BCUT2D eigenvalue weighted by molar-refractivity contribution is -0.129. The second kappa shape index (κ2) is 9.70. The molecule has 3 atom stereocenters. The van der Waals surface area contributed by atoms with Crippen LogP contribution in [-0.2, 0) is 16.0 Å². The van der Waals surface area contributed by atoms with Crippen molar-refractivity contribution >= 4 is 17.5 Å². The van der Waals surface area contributed by atoms with Crippen LogP contribution in [0.4, 0.5) is 0 Å². The molecule has 4 N–H and O–H groups in total. The molecule has 158 valence electrons. The van der Waals surface area contributed by atoms with Gasteiger partial charge in [-0.25, -0.2) is 0 Å². The minimum Gasteiger partial charge on any atom is -0.384 e. The van der Waals surface area contributed by atoms with Crippen LogP contribution in [-0.4, -0.2) is 23.6 Å². The number of nitrogens with one attached hydrogen (secondary N) is 2. The summed E-state index contributed by atoms with van der Waals surface area (Å²) in [6.45, 7) is 3.85. The van der Waals surface area contributed by atoms with Crippen LogP contribution < -0.4 is 11.1 Å². The maximum Gasteiger partial charge on any atom is 0.223 e. The number of Topliss-reactive ketones (excluding diaryl/α,β-unsaturated/α-hetero) is 1. The van der Waals surface area contributed by atoms with Gasteiger partial charge >= 0.3 is 0 Å². The van der Waals surface area contributed by atoms with Crippen molar-refractivity contribution in [1.29, 1.82) is 5.41 Å². The van der Waals surface area contributed by atoms with E-state index < -0.39 is 6.04 Å². The Morgan fingerprint density at radius 1 is 1.10 bits per heavy atom. The van der Waals surface area contributed by atoms with Crippen LogP contribution in [0.5, 0.6) is 0 Å². The third-order valence-electron chi connectivity index (χ3n) is 6.12. The van der Waals surface area contributed by atoms with Crippen LogP contribution in [0.2, 0.25) is 0 Å². The molecule has 1 aliphatic carbocycles. The smallest absolute Gasteiger partial charge is 0.223 e. The fourth-order valence-electron chi connectivity index (χ4n) is 4.11. The van der Waals surface area contributed by atoms with Crippen molar-refractivity contribution in [3.05, 3.63) is 70.8 Å². The van der Waals surface area contributed by atoms with E-state index in [0.29, 0.717) is 24.3 Å². The molecule has 1 amide bonds. The Kier molecular flexibility index (Phi) is 7.03. The number of hydrogen-bond acceptors (Lipinski definition) is 3. The van der Waals surface area contributed by atoms with Crippen molar-refractivity contribution in [3.8, 4) is 0 Å². The standard InChI is InChI=1S/C25H31N3O2/c1-16-3-8-19(9-4-16)21-12-13-22(15-21)25(30)28-17(2)23(29)14-7-18-5-10-20(11-6-18)24(26)27/h3-6,8-11,17,21-22H,7,12-15H2,1-2H3,(H3,26,27)(H,28,30)/t17-,21-,22+/m0/s1. The summed E-state index contributed by atoms with van der Waals surface area (Å²) in [7, 11) is 0. The third kappa shape index (κ3) is 5.56. The van der Waals surface area contributed by atoms with E-state index in [-0.39, 0.29) is 23.4 Å². The first-order valence-electron chi connectivity index (χ1n) is 10.7. The van der Waals surface area contributed by atoms with Crippen molar-refractivity contribution in [3.63, 3.8) is 0 Å². The highest BCUT2D eigenvalue weighted by atomic mass is 16.2. The first-order chi connectivity index (χ1) is 14.3. The van der Waals surface area contributed by atoms with Gasteiger partial charge in [0, 0.05) is 17.9 Å².